The van der Waals surface area contributed by atoms with Gasteiger partial charge < -0.3 is 9.51 Å². The molecule has 92 valence electrons. The van der Waals surface area contributed by atoms with E-state index in [1.54, 1.807) is 0 Å². The van der Waals surface area contributed by atoms with Crippen LogP contribution < -0.4 is 0 Å². The lowest BCUT2D eigenvalue weighted by molar-refractivity contribution is 0.372. The molecular weight excluding hydrogens is 228 g/mol. The zero-order valence-corrected chi connectivity index (χ0v) is 10.2. The highest BCUT2D eigenvalue weighted by molar-refractivity contribution is 5.74. The average molecular weight is 242 g/mol. The van der Waals surface area contributed by atoms with Crippen LogP contribution in [-0.4, -0.2) is 20.1 Å². The van der Waals surface area contributed by atoms with Gasteiger partial charge in [-0.2, -0.15) is 4.98 Å². The number of hydrogen-bond donors (Lipinski definition) is 1. The molecule has 3 aromatic rings. The Morgan fingerprint density at radius 3 is 2.94 bits per heavy atom. The third-order valence-corrected chi connectivity index (χ3v) is 2.74. The Balaban J connectivity index is 1.82. The smallest absolute Gasteiger partial charge is 0.226 e. The van der Waals surface area contributed by atoms with Gasteiger partial charge in [-0.05, 0) is 18.6 Å². The van der Waals surface area contributed by atoms with E-state index < -0.39 is 0 Å². The van der Waals surface area contributed by atoms with Crippen molar-refractivity contribution in [3.05, 3.63) is 41.8 Å². The summed E-state index contributed by atoms with van der Waals surface area (Å²) in [5.41, 5.74) is 1.99. The van der Waals surface area contributed by atoms with Crippen LogP contribution in [-0.2, 0) is 12.8 Å². The van der Waals surface area contributed by atoms with Crippen molar-refractivity contribution in [2.45, 2.75) is 26.2 Å². The number of imidazole rings is 1. The fourth-order valence-corrected chi connectivity index (χ4v) is 1.92. The summed E-state index contributed by atoms with van der Waals surface area (Å²) < 4.78 is 5.15. The number of benzene rings is 1. The summed E-state index contributed by atoms with van der Waals surface area (Å²) in [5, 5.41) is 3.95. The second kappa shape index (κ2) is 4.60. The molecule has 0 bridgehead atoms. The molecule has 0 fully saturated rings. The van der Waals surface area contributed by atoms with Gasteiger partial charge in [0.1, 0.15) is 5.82 Å². The van der Waals surface area contributed by atoms with Crippen LogP contribution in [0.4, 0.5) is 0 Å². The van der Waals surface area contributed by atoms with Gasteiger partial charge in [0, 0.05) is 6.42 Å². The highest BCUT2D eigenvalue weighted by Gasteiger charge is 2.09. The van der Waals surface area contributed by atoms with Crippen molar-refractivity contribution >= 4 is 11.0 Å². The van der Waals surface area contributed by atoms with E-state index in [9.17, 15) is 0 Å². The van der Waals surface area contributed by atoms with Crippen molar-refractivity contribution in [3.8, 4) is 0 Å². The number of nitrogens with zero attached hydrogens (tertiary/aromatic N) is 3. The second-order valence-electron chi connectivity index (χ2n) is 4.23. The van der Waals surface area contributed by atoms with E-state index in [1.165, 1.54) is 0 Å². The van der Waals surface area contributed by atoms with Crippen molar-refractivity contribution in [3.63, 3.8) is 0 Å². The van der Waals surface area contributed by atoms with E-state index in [0.29, 0.717) is 18.1 Å². The molecule has 0 aliphatic rings. The summed E-state index contributed by atoms with van der Waals surface area (Å²) in [6.45, 7) is 2.09. The lowest BCUT2D eigenvalue weighted by Gasteiger charge is -1.88. The maximum Gasteiger partial charge on any atom is 0.226 e. The normalized spacial score (nSPS) is 11.2. The molecule has 0 spiro atoms. The third kappa shape index (κ3) is 2.11. The minimum absolute atomic E-state index is 0.571. The molecule has 5 heteroatoms. The van der Waals surface area contributed by atoms with Gasteiger partial charge in [0.15, 0.2) is 5.82 Å². The van der Waals surface area contributed by atoms with Crippen LogP contribution in [0, 0.1) is 0 Å². The minimum Gasteiger partial charge on any atom is -0.342 e. The van der Waals surface area contributed by atoms with E-state index in [1.807, 2.05) is 24.3 Å². The zero-order valence-electron chi connectivity index (χ0n) is 10.2. The standard InChI is InChI=1S/C13H14N4O/c1-2-5-13-16-12(17-18-13)8-11-14-9-6-3-4-7-10(9)15-11/h3-4,6-7H,2,5,8H2,1H3,(H,14,15). The van der Waals surface area contributed by atoms with Crippen molar-refractivity contribution < 1.29 is 4.52 Å². The molecule has 0 atom stereocenters. The van der Waals surface area contributed by atoms with Crippen LogP contribution in [0.5, 0.6) is 0 Å². The Labute approximate surface area is 104 Å². The summed E-state index contributed by atoms with van der Waals surface area (Å²) in [4.78, 5) is 12.1. The number of H-pyrrole nitrogens is 1. The number of aryl methyl sites for hydroxylation is 1. The van der Waals surface area contributed by atoms with Gasteiger partial charge >= 0.3 is 0 Å². The first-order chi connectivity index (χ1) is 8.85. The van der Waals surface area contributed by atoms with Gasteiger partial charge in [0.25, 0.3) is 0 Å². The molecule has 5 nitrogen and oxygen atoms in total. The van der Waals surface area contributed by atoms with Gasteiger partial charge in [-0.15, -0.1) is 0 Å². The van der Waals surface area contributed by atoms with Gasteiger partial charge in [-0.3, -0.25) is 0 Å². The molecule has 2 heterocycles. The van der Waals surface area contributed by atoms with Crippen LogP contribution in [0.3, 0.4) is 0 Å². The lowest BCUT2D eigenvalue weighted by Crippen LogP contribution is -1.93. The van der Waals surface area contributed by atoms with Crippen molar-refractivity contribution in [1.82, 2.24) is 20.1 Å². The average Bonchev–Trinajstić information content (AvgIpc) is 2.96. The largest absolute Gasteiger partial charge is 0.342 e. The van der Waals surface area contributed by atoms with Gasteiger partial charge in [-0.25, -0.2) is 4.98 Å². The molecule has 0 saturated carbocycles. The molecule has 18 heavy (non-hydrogen) atoms. The molecule has 1 N–H and O–H groups in total. The maximum atomic E-state index is 5.15. The van der Waals surface area contributed by atoms with Crippen molar-refractivity contribution in [2.75, 3.05) is 0 Å². The van der Waals surface area contributed by atoms with E-state index >= 15 is 0 Å². The summed E-state index contributed by atoms with van der Waals surface area (Å²) in [6.07, 6.45) is 2.40. The SMILES string of the molecule is CCCc1nc(Cc2nc3ccccc3[nH]2)no1. The predicted octanol–water partition coefficient (Wildman–Crippen LogP) is 2.49. The molecule has 0 saturated heterocycles. The first kappa shape index (κ1) is 11.0. The number of aromatic amines is 1. The highest BCUT2D eigenvalue weighted by Crippen LogP contribution is 2.12. The summed E-state index contributed by atoms with van der Waals surface area (Å²) in [6, 6.07) is 7.94. The van der Waals surface area contributed by atoms with Crippen LogP contribution in [0.15, 0.2) is 28.8 Å². The van der Waals surface area contributed by atoms with Crippen LogP contribution in [0.25, 0.3) is 11.0 Å². The highest BCUT2D eigenvalue weighted by atomic mass is 16.5. The maximum absolute atomic E-state index is 5.15. The summed E-state index contributed by atoms with van der Waals surface area (Å²) in [5.74, 6) is 2.24. The first-order valence-electron chi connectivity index (χ1n) is 6.10. The Kier molecular flexibility index (Phi) is 2.80. The fourth-order valence-electron chi connectivity index (χ4n) is 1.92. The molecular formula is C13H14N4O. The number of fused-ring (bicyclic) bond motifs is 1. The number of rotatable bonds is 4. The summed E-state index contributed by atoms with van der Waals surface area (Å²) >= 11 is 0. The minimum atomic E-state index is 0.571. The predicted molar refractivity (Wildman–Crippen MR) is 67.2 cm³/mol. The fraction of sp³-hybridized carbons (Fsp3) is 0.308. The number of hydrogen-bond acceptors (Lipinski definition) is 4. The summed E-state index contributed by atoms with van der Waals surface area (Å²) in [7, 11) is 0. The van der Waals surface area contributed by atoms with Crippen molar-refractivity contribution in [2.24, 2.45) is 0 Å². The van der Waals surface area contributed by atoms with Gasteiger partial charge in [-0.1, -0.05) is 24.2 Å². The quantitative estimate of drug-likeness (QED) is 0.763. The molecule has 0 aliphatic carbocycles. The first-order valence-corrected chi connectivity index (χ1v) is 6.10. The Morgan fingerprint density at radius 2 is 2.11 bits per heavy atom. The van der Waals surface area contributed by atoms with Gasteiger partial charge in [0.2, 0.25) is 5.89 Å². The van der Waals surface area contributed by atoms with Crippen LogP contribution >= 0.6 is 0 Å². The third-order valence-electron chi connectivity index (χ3n) is 2.74. The van der Waals surface area contributed by atoms with Crippen molar-refractivity contribution in [1.29, 1.82) is 0 Å². The monoisotopic (exact) mass is 242 g/mol. The molecule has 0 unspecified atom stereocenters. The molecule has 3 rings (SSSR count). The lowest BCUT2D eigenvalue weighted by atomic mass is 10.3. The zero-order chi connectivity index (χ0) is 12.4. The van der Waals surface area contributed by atoms with E-state index in [0.717, 1.165) is 29.7 Å². The number of aromatic nitrogens is 4. The Bertz CT molecular complexity index is 623. The molecule has 0 aliphatic heterocycles. The second-order valence-corrected chi connectivity index (χ2v) is 4.23. The molecule has 1 aromatic carbocycles. The Hall–Kier alpha value is -2.17. The molecule has 0 radical (unpaired) electrons. The number of para-hydroxylation sites is 2. The number of nitrogens with one attached hydrogen (secondary N) is 1. The van der Waals surface area contributed by atoms with E-state index in [2.05, 4.69) is 27.0 Å². The van der Waals surface area contributed by atoms with Crippen LogP contribution in [0.1, 0.15) is 30.9 Å². The van der Waals surface area contributed by atoms with E-state index in [4.69, 9.17) is 4.52 Å². The van der Waals surface area contributed by atoms with E-state index in [-0.39, 0.29) is 0 Å². The topological polar surface area (TPSA) is 67.6 Å². The van der Waals surface area contributed by atoms with Crippen LogP contribution in [0.2, 0.25) is 0 Å². The molecule has 0 amide bonds. The Morgan fingerprint density at radius 1 is 1.22 bits per heavy atom. The molecule has 2 aromatic heterocycles. The van der Waals surface area contributed by atoms with Gasteiger partial charge in [0.05, 0.1) is 17.5 Å².